The highest BCUT2D eigenvalue weighted by atomic mass is 35.5. The van der Waals surface area contributed by atoms with Crippen molar-refractivity contribution in [1.29, 1.82) is 5.26 Å². The Morgan fingerprint density at radius 2 is 1.75 bits per heavy atom. The highest BCUT2D eigenvalue weighted by Gasteiger charge is 2.27. The van der Waals surface area contributed by atoms with Crippen LogP contribution in [0.2, 0.25) is 5.02 Å². The molecule has 4 rings (SSSR count). The summed E-state index contributed by atoms with van der Waals surface area (Å²) in [4.78, 5) is 53.3. The molecule has 1 aliphatic heterocycles. The van der Waals surface area contributed by atoms with E-state index in [1.54, 1.807) is 54.3 Å². The molecule has 48 heavy (non-hydrogen) atoms. The molecular formula is C36H41ClN4O7. The Bertz CT molecular complexity index is 1730. The minimum Gasteiger partial charge on any atom is -0.495 e. The van der Waals surface area contributed by atoms with Crippen LogP contribution in [0.5, 0.6) is 5.75 Å². The number of hydrogen-bond donors (Lipinski definition) is 1. The number of halogens is 1. The average Bonchev–Trinajstić information content (AvgIpc) is 3.05. The number of piperidine rings is 1. The monoisotopic (exact) mass is 676 g/mol. The molecule has 1 aromatic heterocycles. The Morgan fingerprint density at radius 1 is 1.06 bits per heavy atom. The molecule has 1 aliphatic rings. The molecule has 1 saturated heterocycles. The fourth-order valence-corrected chi connectivity index (χ4v) is 5.71. The number of nitrogens with zero attached hydrogens (tertiary/aromatic N) is 3. The standard InChI is InChI=1S/C36H41ClN4O7/c1-6-30(41-22-31(46-5)29(20-32(41)42)28-19-26(37)10-7-25(28)21-38)33(43)39-27-11-8-24(9-12-27)34(44)47-18-15-23-13-16-40(17-14-23)35(45)48-36(2,3)4/h7-12,19-20,22-23,30H,6,13-18H2,1-5H3,(H,39,43). The first-order chi connectivity index (χ1) is 22.8. The lowest BCUT2D eigenvalue weighted by Gasteiger charge is -2.33. The van der Waals surface area contributed by atoms with Crippen LogP contribution in [0.3, 0.4) is 0 Å². The zero-order valence-corrected chi connectivity index (χ0v) is 28.6. The number of esters is 1. The van der Waals surface area contributed by atoms with Gasteiger partial charge in [-0.1, -0.05) is 18.5 Å². The van der Waals surface area contributed by atoms with E-state index in [4.69, 9.17) is 25.8 Å². The van der Waals surface area contributed by atoms with Crippen LogP contribution < -0.4 is 15.6 Å². The number of carbonyl (C=O) groups excluding carboxylic acids is 3. The van der Waals surface area contributed by atoms with E-state index in [9.17, 15) is 24.4 Å². The van der Waals surface area contributed by atoms with Gasteiger partial charge in [0.05, 0.1) is 37.1 Å². The lowest BCUT2D eigenvalue weighted by molar-refractivity contribution is -0.119. The molecule has 1 atom stereocenters. The van der Waals surface area contributed by atoms with E-state index in [0.29, 0.717) is 70.6 Å². The van der Waals surface area contributed by atoms with Gasteiger partial charge >= 0.3 is 12.1 Å². The lowest BCUT2D eigenvalue weighted by Crippen LogP contribution is -2.41. The molecule has 0 radical (unpaired) electrons. The SMILES string of the molecule is CCC(C(=O)Nc1ccc(C(=O)OCCC2CCN(C(=O)OC(C)(C)C)CC2)cc1)n1cc(OC)c(-c2cc(Cl)ccc2C#N)cc1=O. The zero-order valence-electron chi connectivity index (χ0n) is 27.9. The van der Waals surface area contributed by atoms with E-state index in [1.165, 1.54) is 23.9 Å². The molecule has 2 amide bonds. The predicted molar refractivity (Wildman–Crippen MR) is 182 cm³/mol. The fraction of sp³-hybridized carbons (Fsp3) is 0.417. The highest BCUT2D eigenvalue weighted by molar-refractivity contribution is 6.31. The van der Waals surface area contributed by atoms with Crippen LogP contribution in [0.15, 0.2) is 59.5 Å². The normalized spacial score (nSPS) is 14.1. The lowest BCUT2D eigenvalue weighted by atomic mass is 9.94. The van der Waals surface area contributed by atoms with Crippen molar-refractivity contribution < 1.29 is 28.6 Å². The third kappa shape index (κ3) is 9.16. The third-order valence-corrected chi connectivity index (χ3v) is 8.33. The Morgan fingerprint density at radius 3 is 2.35 bits per heavy atom. The number of hydrogen-bond acceptors (Lipinski definition) is 8. The summed E-state index contributed by atoms with van der Waals surface area (Å²) in [5.41, 5.74) is 0.960. The van der Waals surface area contributed by atoms with Crippen molar-refractivity contribution in [2.45, 2.75) is 65.0 Å². The molecule has 12 heteroatoms. The van der Waals surface area contributed by atoms with Crippen molar-refractivity contribution in [3.05, 3.63) is 81.2 Å². The number of methoxy groups -OCH3 is 1. The summed E-state index contributed by atoms with van der Waals surface area (Å²) >= 11 is 6.16. The summed E-state index contributed by atoms with van der Waals surface area (Å²) in [5, 5.41) is 12.8. The maximum absolute atomic E-state index is 13.3. The molecule has 0 aliphatic carbocycles. The van der Waals surface area contributed by atoms with E-state index >= 15 is 0 Å². The second kappa shape index (κ2) is 15.8. The number of likely N-dealkylation sites (tertiary alicyclic amines) is 1. The second-order valence-corrected chi connectivity index (χ2v) is 13.1. The van der Waals surface area contributed by atoms with Crippen molar-refractivity contribution in [1.82, 2.24) is 9.47 Å². The number of aromatic nitrogens is 1. The van der Waals surface area contributed by atoms with Gasteiger partial charge < -0.3 is 24.4 Å². The molecule has 1 N–H and O–H groups in total. The number of nitriles is 1. The summed E-state index contributed by atoms with van der Waals surface area (Å²) in [6.45, 7) is 8.80. The summed E-state index contributed by atoms with van der Waals surface area (Å²) in [6, 6.07) is 13.6. The summed E-state index contributed by atoms with van der Waals surface area (Å²) in [5.74, 6) is -0.253. The van der Waals surface area contributed by atoms with Crippen molar-refractivity contribution in [2.24, 2.45) is 5.92 Å². The van der Waals surface area contributed by atoms with Crippen LogP contribution in [0.25, 0.3) is 11.1 Å². The fourth-order valence-electron chi connectivity index (χ4n) is 5.54. The van der Waals surface area contributed by atoms with Crippen molar-refractivity contribution in [2.75, 3.05) is 32.1 Å². The minimum absolute atomic E-state index is 0.263. The van der Waals surface area contributed by atoms with Gasteiger partial charge in [-0.05, 0) is 94.8 Å². The molecule has 0 bridgehead atoms. The predicted octanol–water partition coefficient (Wildman–Crippen LogP) is 6.83. The smallest absolute Gasteiger partial charge is 0.410 e. The molecular weight excluding hydrogens is 636 g/mol. The van der Waals surface area contributed by atoms with E-state index in [2.05, 4.69) is 11.4 Å². The summed E-state index contributed by atoms with van der Waals surface area (Å²) in [6.07, 6.45) is 3.79. The summed E-state index contributed by atoms with van der Waals surface area (Å²) in [7, 11) is 1.44. The van der Waals surface area contributed by atoms with Gasteiger partial charge in [0.15, 0.2) is 0 Å². The Labute approximate surface area is 285 Å². The quantitative estimate of drug-likeness (QED) is 0.230. The van der Waals surface area contributed by atoms with E-state index in [-0.39, 0.29) is 12.7 Å². The van der Waals surface area contributed by atoms with Crippen LogP contribution in [-0.2, 0) is 14.3 Å². The molecule has 2 heterocycles. The number of pyridine rings is 1. The number of nitrogens with one attached hydrogen (secondary N) is 1. The summed E-state index contributed by atoms with van der Waals surface area (Å²) < 4.78 is 17.8. The van der Waals surface area contributed by atoms with Crippen LogP contribution >= 0.6 is 11.6 Å². The number of rotatable bonds is 10. The van der Waals surface area contributed by atoms with Crippen LogP contribution in [-0.4, -0.2) is 59.8 Å². The minimum atomic E-state index is -0.865. The van der Waals surface area contributed by atoms with Gasteiger partial charge in [0.1, 0.15) is 17.4 Å². The number of carbonyl (C=O) groups is 3. The first-order valence-electron chi connectivity index (χ1n) is 15.9. The van der Waals surface area contributed by atoms with Gasteiger partial charge in [0.25, 0.3) is 5.56 Å². The average molecular weight is 677 g/mol. The first-order valence-corrected chi connectivity index (χ1v) is 16.3. The van der Waals surface area contributed by atoms with Gasteiger partial charge in [-0.15, -0.1) is 0 Å². The highest BCUT2D eigenvalue weighted by Crippen LogP contribution is 2.33. The molecule has 2 aromatic carbocycles. The van der Waals surface area contributed by atoms with Gasteiger partial charge in [-0.3, -0.25) is 14.2 Å². The maximum atomic E-state index is 13.3. The van der Waals surface area contributed by atoms with Gasteiger partial charge in [-0.2, -0.15) is 5.26 Å². The largest absolute Gasteiger partial charge is 0.495 e. The molecule has 3 aromatic rings. The Hall–Kier alpha value is -4.82. The third-order valence-electron chi connectivity index (χ3n) is 8.09. The van der Waals surface area contributed by atoms with Crippen molar-refractivity contribution in [3.63, 3.8) is 0 Å². The van der Waals surface area contributed by atoms with Gasteiger partial charge in [0.2, 0.25) is 5.91 Å². The van der Waals surface area contributed by atoms with Crippen molar-refractivity contribution in [3.8, 4) is 22.9 Å². The van der Waals surface area contributed by atoms with E-state index in [1.807, 2.05) is 20.8 Å². The first kappa shape index (κ1) is 36.0. The van der Waals surface area contributed by atoms with Crippen LogP contribution in [0, 0.1) is 17.2 Å². The number of ether oxygens (including phenoxy) is 3. The Kier molecular flexibility index (Phi) is 11.9. The number of benzene rings is 2. The maximum Gasteiger partial charge on any atom is 0.410 e. The number of anilines is 1. The molecule has 1 unspecified atom stereocenters. The molecule has 254 valence electrons. The molecule has 0 saturated carbocycles. The van der Waals surface area contributed by atoms with Gasteiger partial charge in [0, 0.05) is 41.0 Å². The van der Waals surface area contributed by atoms with Crippen molar-refractivity contribution >= 4 is 35.3 Å². The van der Waals surface area contributed by atoms with Crippen LogP contribution in [0.1, 0.15) is 75.3 Å². The second-order valence-electron chi connectivity index (χ2n) is 12.6. The molecule has 11 nitrogen and oxygen atoms in total. The van der Waals surface area contributed by atoms with Crippen LogP contribution in [0.4, 0.5) is 10.5 Å². The number of amides is 2. The van der Waals surface area contributed by atoms with E-state index in [0.717, 1.165) is 12.8 Å². The Balaban J connectivity index is 1.33. The van der Waals surface area contributed by atoms with E-state index < -0.39 is 29.1 Å². The zero-order chi connectivity index (χ0) is 35.0. The topological polar surface area (TPSA) is 140 Å². The molecule has 1 fully saturated rings. The molecule has 0 spiro atoms. The van der Waals surface area contributed by atoms with Gasteiger partial charge in [-0.25, -0.2) is 9.59 Å².